The molecule has 0 saturated heterocycles. The van der Waals surface area contributed by atoms with Crippen molar-refractivity contribution in [1.82, 2.24) is 4.90 Å². The van der Waals surface area contributed by atoms with E-state index >= 15 is 0 Å². The van der Waals surface area contributed by atoms with E-state index in [0.29, 0.717) is 12.3 Å². The Labute approximate surface area is 90.3 Å². The number of phenols is 1. The Morgan fingerprint density at radius 3 is 2.53 bits per heavy atom. The lowest BCUT2D eigenvalue weighted by Crippen LogP contribution is -2.27. The molecule has 0 aliphatic carbocycles. The van der Waals surface area contributed by atoms with Crippen LogP contribution in [0.4, 0.5) is 0 Å². The number of benzene rings is 1. The molecule has 0 aliphatic rings. The molecule has 1 aromatic rings. The van der Waals surface area contributed by atoms with Gasteiger partial charge in [0.25, 0.3) is 0 Å². The minimum atomic E-state index is 0.113. The summed E-state index contributed by atoms with van der Waals surface area (Å²) in [6, 6.07) is 5.46. The van der Waals surface area contributed by atoms with Crippen LogP contribution in [0.2, 0.25) is 0 Å². The lowest BCUT2D eigenvalue weighted by Gasteiger charge is -2.23. The average molecular weight is 210 g/mol. The topological polar surface area (TPSA) is 58.7 Å². The zero-order chi connectivity index (χ0) is 11.4. The van der Waals surface area contributed by atoms with Crippen LogP contribution >= 0.6 is 0 Å². The smallest absolute Gasteiger partial charge is 0.160 e. The van der Waals surface area contributed by atoms with E-state index in [1.54, 1.807) is 12.1 Å². The van der Waals surface area contributed by atoms with Crippen LogP contribution in [0.3, 0.4) is 0 Å². The number of nitrogens with zero attached hydrogens (tertiary/aromatic N) is 1. The van der Waals surface area contributed by atoms with E-state index in [1.807, 2.05) is 25.1 Å². The normalized spacial score (nSPS) is 12.9. The van der Waals surface area contributed by atoms with Crippen LogP contribution in [0.15, 0.2) is 18.2 Å². The Kier molecular flexibility index (Phi) is 3.94. The van der Waals surface area contributed by atoms with Crippen molar-refractivity contribution in [1.29, 1.82) is 0 Å². The van der Waals surface area contributed by atoms with Gasteiger partial charge in [0.2, 0.25) is 0 Å². The first-order valence-corrected chi connectivity index (χ1v) is 4.83. The van der Waals surface area contributed by atoms with Crippen LogP contribution in [0.5, 0.6) is 11.5 Å². The molecule has 1 atom stereocenters. The number of aromatic hydroxyl groups is 1. The summed E-state index contributed by atoms with van der Waals surface area (Å²) in [6.07, 6.45) is 0. The SMILES string of the molecule is COc1ccc(C(CN)N(C)C)cc1O. The maximum atomic E-state index is 9.63. The molecule has 4 nitrogen and oxygen atoms in total. The summed E-state index contributed by atoms with van der Waals surface area (Å²) in [5, 5.41) is 9.63. The van der Waals surface area contributed by atoms with Crippen molar-refractivity contribution < 1.29 is 9.84 Å². The molecule has 0 fully saturated rings. The number of nitrogens with two attached hydrogens (primary N) is 1. The van der Waals surface area contributed by atoms with Crippen molar-refractivity contribution in [3.63, 3.8) is 0 Å². The highest BCUT2D eigenvalue weighted by Gasteiger charge is 2.13. The van der Waals surface area contributed by atoms with E-state index < -0.39 is 0 Å². The van der Waals surface area contributed by atoms with E-state index in [1.165, 1.54) is 7.11 Å². The molecule has 0 amide bonds. The predicted molar refractivity (Wildman–Crippen MR) is 60.1 cm³/mol. The Bertz CT molecular complexity index is 326. The summed E-state index contributed by atoms with van der Waals surface area (Å²) < 4.78 is 4.98. The second kappa shape index (κ2) is 5.00. The average Bonchev–Trinajstić information content (AvgIpc) is 2.18. The predicted octanol–water partition coefficient (Wildman–Crippen LogP) is 0.962. The van der Waals surface area contributed by atoms with E-state index in [-0.39, 0.29) is 11.8 Å². The van der Waals surface area contributed by atoms with Gasteiger partial charge in [0, 0.05) is 12.6 Å². The Balaban J connectivity index is 3.00. The van der Waals surface area contributed by atoms with Crippen LogP contribution in [0.1, 0.15) is 11.6 Å². The Hall–Kier alpha value is -1.26. The van der Waals surface area contributed by atoms with E-state index in [9.17, 15) is 5.11 Å². The number of ether oxygens (including phenoxy) is 1. The highest BCUT2D eigenvalue weighted by atomic mass is 16.5. The van der Waals surface area contributed by atoms with E-state index in [4.69, 9.17) is 10.5 Å². The van der Waals surface area contributed by atoms with Crippen molar-refractivity contribution in [2.24, 2.45) is 5.73 Å². The van der Waals surface area contributed by atoms with Gasteiger partial charge in [-0.3, -0.25) is 0 Å². The second-order valence-electron chi connectivity index (χ2n) is 3.65. The molecule has 1 unspecified atom stereocenters. The van der Waals surface area contributed by atoms with Crippen molar-refractivity contribution in [3.05, 3.63) is 23.8 Å². The van der Waals surface area contributed by atoms with Crippen LogP contribution in [0, 0.1) is 0 Å². The molecule has 0 aliphatic heterocycles. The van der Waals surface area contributed by atoms with Crippen LogP contribution < -0.4 is 10.5 Å². The van der Waals surface area contributed by atoms with Crippen molar-refractivity contribution in [2.75, 3.05) is 27.7 Å². The van der Waals surface area contributed by atoms with Crippen LogP contribution in [-0.4, -0.2) is 37.8 Å². The Morgan fingerprint density at radius 1 is 1.47 bits per heavy atom. The van der Waals surface area contributed by atoms with Crippen molar-refractivity contribution >= 4 is 0 Å². The molecular formula is C11H18N2O2. The lowest BCUT2D eigenvalue weighted by atomic mass is 10.1. The summed E-state index contributed by atoms with van der Waals surface area (Å²) in [7, 11) is 5.44. The monoisotopic (exact) mass is 210 g/mol. The van der Waals surface area contributed by atoms with E-state index in [2.05, 4.69) is 0 Å². The van der Waals surface area contributed by atoms with Crippen LogP contribution in [-0.2, 0) is 0 Å². The summed E-state index contributed by atoms with van der Waals surface area (Å²) in [6.45, 7) is 0.513. The maximum absolute atomic E-state index is 9.63. The maximum Gasteiger partial charge on any atom is 0.160 e. The molecule has 0 spiro atoms. The molecule has 0 radical (unpaired) electrons. The summed E-state index contributed by atoms with van der Waals surface area (Å²) in [4.78, 5) is 2.02. The number of likely N-dealkylation sites (N-methyl/N-ethyl adjacent to an activating group) is 1. The lowest BCUT2D eigenvalue weighted by molar-refractivity contribution is 0.304. The van der Waals surface area contributed by atoms with Gasteiger partial charge in [0.15, 0.2) is 11.5 Å². The molecule has 0 bridgehead atoms. The number of methoxy groups -OCH3 is 1. The third kappa shape index (κ3) is 2.61. The third-order valence-corrected chi connectivity index (χ3v) is 2.43. The van der Waals surface area contributed by atoms with Crippen molar-refractivity contribution in [2.45, 2.75) is 6.04 Å². The number of hydrogen-bond donors (Lipinski definition) is 2. The summed E-state index contributed by atoms with van der Waals surface area (Å²) >= 11 is 0. The zero-order valence-electron chi connectivity index (χ0n) is 9.40. The fourth-order valence-corrected chi connectivity index (χ4v) is 1.56. The van der Waals surface area contributed by atoms with Gasteiger partial charge in [0.05, 0.1) is 7.11 Å². The number of hydrogen-bond acceptors (Lipinski definition) is 4. The first kappa shape index (κ1) is 11.8. The van der Waals surface area contributed by atoms with Crippen molar-refractivity contribution in [3.8, 4) is 11.5 Å². The third-order valence-electron chi connectivity index (χ3n) is 2.43. The molecule has 0 aromatic heterocycles. The molecule has 0 heterocycles. The summed E-state index contributed by atoms with van der Waals surface area (Å²) in [5.41, 5.74) is 6.66. The van der Waals surface area contributed by atoms with E-state index in [0.717, 1.165) is 5.56 Å². The quantitative estimate of drug-likeness (QED) is 0.777. The number of rotatable bonds is 4. The largest absolute Gasteiger partial charge is 0.504 e. The fraction of sp³-hybridized carbons (Fsp3) is 0.455. The molecule has 0 saturated carbocycles. The molecule has 15 heavy (non-hydrogen) atoms. The fourth-order valence-electron chi connectivity index (χ4n) is 1.56. The van der Waals surface area contributed by atoms with Gasteiger partial charge in [-0.15, -0.1) is 0 Å². The molecule has 1 rings (SSSR count). The molecule has 1 aromatic carbocycles. The molecular weight excluding hydrogens is 192 g/mol. The Morgan fingerprint density at radius 2 is 2.13 bits per heavy atom. The first-order chi connectivity index (χ1) is 7.10. The standard InChI is InChI=1S/C11H18N2O2/c1-13(2)9(7-12)8-4-5-11(15-3)10(14)6-8/h4-6,9,14H,7,12H2,1-3H3. The van der Waals surface area contributed by atoms with Gasteiger partial charge in [0.1, 0.15) is 0 Å². The molecule has 3 N–H and O–H groups in total. The second-order valence-corrected chi connectivity index (χ2v) is 3.65. The van der Waals surface area contributed by atoms with Gasteiger partial charge in [-0.2, -0.15) is 0 Å². The molecule has 84 valence electrons. The minimum absolute atomic E-state index is 0.113. The van der Waals surface area contributed by atoms with Gasteiger partial charge in [-0.1, -0.05) is 6.07 Å². The van der Waals surface area contributed by atoms with Gasteiger partial charge in [-0.25, -0.2) is 0 Å². The minimum Gasteiger partial charge on any atom is -0.504 e. The first-order valence-electron chi connectivity index (χ1n) is 4.83. The highest BCUT2D eigenvalue weighted by molar-refractivity contribution is 5.42. The number of phenolic OH excluding ortho intramolecular Hbond substituents is 1. The zero-order valence-corrected chi connectivity index (χ0v) is 9.40. The molecule has 4 heteroatoms. The van der Waals surface area contributed by atoms with Gasteiger partial charge in [-0.05, 0) is 31.8 Å². The van der Waals surface area contributed by atoms with Gasteiger partial charge < -0.3 is 20.5 Å². The summed E-state index contributed by atoms with van der Waals surface area (Å²) in [5.74, 6) is 0.628. The van der Waals surface area contributed by atoms with Crippen LogP contribution in [0.25, 0.3) is 0 Å². The van der Waals surface area contributed by atoms with Gasteiger partial charge >= 0.3 is 0 Å². The highest BCUT2D eigenvalue weighted by Crippen LogP contribution is 2.29.